The maximum absolute atomic E-state index is 11.5. The van der Waals surface area contributed by atoms with E-state index in [-0.39, 0.29) is 0 Å². The Morgan fingerprint density at radius 3 is 2.78 bits per heavy atom. The highest BCUT2D eigenvalue weighted by atomic mass is 19.1. The molecule has 0 amide bonds. The van der Waals surface area contributed by atoms with Crippen molar-refractivity contribution >= 4 is 5.97 Å². The van der Waals surface area contributed by atoms with Crippen molar-refractivity contribution in [2.45, 2.75) is 6.04 Å². The van der Waals surface area contributed by atoms with E-state index in [9.17, 15) is 9.18 Å². The topological polar surface area (TPSA) is 63.3 Å². The van der Waals surface area contributed by atoms with Crippen LogP contribution in [0.5, 0.6) is 0 Å². The van der Waals surface area contributed by atoms with Gasteiger partial charge in [-0.05, 0) is 0 Å². The molecule has 0 bridgehead atoms. The van der Waals surface area contributed by atoms with E-state index in [1.165, 1.54) is 0 Å². The number of aliphatic carboxylic acids is 1. The minimum Gasteiger partial charge on any atom is -0.478 e. The molecule has 3 N–H and O–H groups in total. The minimum absolute atomic E-state index is 0.732. The Morgan fingerprint density at radius 1 is 1.89 bits per heavy atom. The summed E-state index contributed by atoms with van der Waals surface area (Å²) in [6.45, 7) is -0.732. The molecule has 0 saturated heterocycles. The van der Waals surface area contributed by atoms with Gasteiger partial charge in [0.05, 0.1) is 6.04 Å². The number of carboxylic acids is 1. The van der Waals surface area contributed by atoms with Crippen molar-refractivity contribution in [1.82, 2.24) is 0 Å². The number of carbonyl (C=O) groups is 1. The molecule has 1 unspecified atom stereocenters. The zero-order valence-corrected chi connectivity index (χ0v) is 4.75. The van der Waals surface area contributed by atoms with Crippen molar-refractivity contribution < 1.29 is 14.3 Å². The largest absolute Gasteiger partial charge is 0.478 e. The summed E-state index contributed by atoms with van der Waals surface area (Å²) in [6.07, 6.45) is 1.92. The van der Waals surface area contributed by atoms with E-state index in [0.29, 0.717) is 0 Å². The molecule has 0 aromatic carbocycles. The first-order valence-electron chi connectivity index (χ1n) is 2.39. The van der Waals surface area contributed by atoms with Gasteiger partial charge < -0.3 is 10.8 Å². The predicted molar refractivity (Wildman–Crippen MR) is 30.7 cm³/mol. The molecule has 9 heavy (non-hydrogen) atoms. The van der Waals surface area contributed by atoms with Crippen LogP contribution in [0, 0.1) is 0 Å². The van der Waals surface area contributed by atoms with Crippen molar-refractivity contribution in [1.29, 1.82) is 0 Å². The summed E-state index contributed by atoms with van der Waals surface area (Å²) >= 11 is 0. The Kier molecular flexibility index (Phi) is 3.62. The lowest BCUT2D eigenvalue weighted by atomic mass is 10.3. The van der Waals surface area contributed by atoms with Crippen LogP contribution in [-0.4, -0.2) is 23.8 Å². The molecule has 0 fully saturated rings. The molecular formula is C5H8FNO2. The van der Waals surface area contributed by atoms with Gasteiger partial charge in [0, 0.05) is 6.08 Å². The molecule has 1 atom stereocenters. The third-order valence-electron chi connectivity index (χ3n) is 0.664. The molecule has 4 heteroatoms. The Hall–Kier alpha value is -0.900. The normalized spacial score (nSPS) is 14.0. The van der Waals surface area contributed by atoms with Crippen molar-refractivity contribution in [3.8, 4) is 0 Å². The summed E-state index contributed by atoms with van der Waals surface area (Å²) < 4.78 is 11.5. The lowest BCUT2D eigenvalue weighted by Gasteiger charge is -1.94. The van der Waals surface area contributed by atoms with E-state index in [1.54, 1.807) is 0 Å². The van der Waals surface area contributed by atoms with Gasteiger partial charge in [0.2, 0.25) is 0 Å². The van der Waals surface area contributed by atoms with E-state index >= 15 is 0 Å². The summed E-state index contributed by atoms with van der Waals surface area (Å²) in [5.41, 5.74) is 5.00. The Balaban J connectivity index is 3.56. The van der Waals surface area contributed by atoms with Gasteiger partial charge in [0.15, 0.2) is 0 Å². The maximum Gasteiger partial charge on any atom is 0.328 e. The van der Waals surface area contributed by atoms with E-state index < -0.39 is 18.7 Å². The van der Waals surface area contributed by atoms with Crippen molar-refractivity contribution in [3.63, 3.8) is 0 Å². The van der Waals surface area contributed by atoms with E-state index in [4.69, 9.17) is 10.8 Å². The summed E-state index contributed by atoms with van der Waals surface area (Å²) in [5.74, 6) is -1.11. The zero-order chi connectivity index (χ0) is 7.28. The average molecular weight is 133 g/mol. The second-order valence-corrected chi connectivity index (χ2v) is 1.52. The first-order valence-corrected chi connectivity index (χ1v) is 2.39. The maximum atomic E-state index is 11.5. The molecule has 0 saturated carbocycles. The molecule has 0 spiro atoms. The number of hydrogen-bond acceptors (Lipinski definition) is 2. The highest BCUT2D eigenvalue weighted by Gasteiger charge is 1.94. The van der Waals surface area contributed by atoms with Crippen LogP contribution in [0.1, 0.15) is 0 Å². The first-order chi connectivity index (χ1) is 4.16. The monoisotopic (exact) mass is 133 g/mol. The smallest absolute Gasteiger partial charge is 0.328 e. The number of nitrogens with two attached hydrogens (primary N) is 1. The van der Waals surface area contributed by atoms with Gasteiger partial charge in [0.1, 0.15) is 6.67 Å². The number of carboxylic acid groups (broad SMARTS) is 1. The predicted octanol–water partition coefficient (Wildman–Crippen LogP) is -0.0760. The Bertz CT molecular complexity index is 124. The van der Waals surface area contributed by atoms with Crippen molar-refractivity contribution in [3.05, 3.63) is 12.2 Å². The van der Waals surface area contributed by atoms with Gasteiger partial charge in [-0.15, -0.1) is 0 Å². The van der Waals surface area contributed by atoms with Crippen LogP contribution in [0.2, 0.25) is 0 Å². The highest BCUT2D eigenvalue weighted by molar-refractivity contribution is 5.79. The molecule has 0 heterocycles. The SMILES string of the molecule is NC(/C=C/C(=O)O)CF. The molecule has 0 aromatic rings. The van der Waals surface area contributed by atoms with Gasteiger partial charge in [-0.1, -0.05) is 6.08 Å². The number of hydrogen-bond donors (Lipinski definition) is 2. The van der Waals surface area contributed by atoms with Crippen LogP contribution in [0.15, 0.2) is 12.2 Å². The van der Waals surface area contributed by atoms with Crippen LogP contribution in [-0.2, 0) is 4.79 Å². The number of halogens is 1. The third kappa shape index (κ3) is 4.96. The molecule has 0 aromatic heterocycles. The molecule has 3 nitrogen and oxygen atoms in total. The molecular weight excluding hydrogens is 125 g/mol. The van der Waals surface area contributed by atoms with E-state index in [0.717, 1.165) is 12.2 Å². The van der Waals surface area contributed by atoms with E-state index in [2.05, 4.69) is 0 Å². The second-order valence-electron chi connectivity index (χ2n) is 1.52. The summed E-state index contributed by atoms with van der Waals surface area (Å²) in [7, 11) is 0. The van der Waals surface area contributed by atoms with Crippen LogP contribution in [0.4, 0.5) is 4.39 Å². The fourth-order valence-corrected chi connectivity index (χ4v) is 0.257. The van der Waals surface area contributed by atoms with Crippen LogP contribution in [0.25, 0.3) is 0 Å². The van der Waals surface area contributed by atoms with Crippen LogP contribution >= 0.6 is 0 Å². The number of alkyl halides is 1. The lowest BCUT2D eigenvalue weighted by Crippen LogP contribution is -2.19. The standard InChI is InChI=1S/C5H8FNO2/c6-3-4(7)1-2-5(8)9/h1-2,4H,3,7H2,(H,8,9)/b2-1+. The van der Waals surface area contributed by atoms with Crippen molar-refractivity contribution in [2.75, 3.05) is 6.67 Å². The molecule has 0 aliphatic carbocycles. The molecule has 0 aliphatic heterocycles. The van der Waals surface area contributed by atoms with Gasteiger partial charge in [-0.2, -0.15) is 0 Å². The van der Waals surface area contributed by atoms with E-state index in [1.807, 2.05) is 0 Å². The minimum atomic E-state index is -1.11. The van der Waals surface area contributed by atoms with Crippen LogP contribution < -0.4 is 5.73 Å². The molecule has 0 aliphatic rings. The molecule has 0 radical (unpaired) electrons. The molecule has 0 rings (SSSR count). The summed E-state index contributed by atoms with van der Waals surface area (Å²) in [4.78, 5) is 9.75. The van der Waals surface area contributed by atoms with Crippen molar-refractivity contribution in [2.24, 2.45) is 5.73 Å². The summed E-state index contributed by atoms with van der Waals surface area (Å²) in [5, 5.41) is 7.99. The lowest BCUT2D eigenvalue weighted by molar-refractivity contribution is -0.131. The van der Waals surface area contributed by atoms with Gasteiger partial charge in [0.25, 0.3) is 0 Å². The zero-order valence-electron chi connectivity index (χ0n) is 4.75. The Morgan fingerprint density at radius 2 is 2.44 bits per heavy atom. The fourth-order valence-electron chi connectivity index (χ4n) is 0.257. The third-order valence-corrected chi connectivity index (χ3v) is 0.664. The first kappa shape index (κ1) is 8.10. The quantitative estimate of drug-likeness (QED) is 0.529. The Labute approximate surface area is 52.0 Å². The van der Waals surface area contributed by atoms with Gasteiger partial charge >= 0.3 is 5.97 Å². The highest BCUT2D eigenvalue weighted by Crippen LogP contribution is 1.82. The van der Waals surface area contributed by atoms with Gasteiger partial charge in [-0.25, -0.2) is 9.18 Å². The summed E-state index contributed by atoms with van der Waals surface area (Å²) in [6, 6.07) is -0.791. The second kappa shape index (κ2) is 4.03. The number of rotatable bonds is 3. The molecule has 52 valence electrons. The van der Waals surface area contributed by atoms with Crippen LogP contribution in [0.3, 0.4) is 0 Å². The van der Waals surface area contributed by atoms with Gasteiger partial charge in [-0.3, -0.25) is 0 Å². The fraction of sp³-hybridized carbons (Fsp3) is 0.400. The average Bonchev–Trinajstić information content (AvgIpc) is 1.83.